The molecular weight excluding hydrogens is 210 g/mol. The summed E-state index contributed by atoms with van der Waals surface area (Å²) in [6, 6.07) is 9.27. The maximum Gasteiger partial charge on any atom is 0.320 e. The van der Waals surface area contributed by atoms with Crippen molar-refractivity contribution in [3.63, 3.8) is 0 Å². The normalized spacial score (nSPS) is 9.75. The van der Waals surface area contributed by atoms with Gasteiger partial charge in [-0.05, 0) is 5.56 Å². The molecule has 0 bridgehead atoms. The number of carbonyl (C=O) groups excluding carboxylic acids is 1. The lowest BCUT2D eigenvalue weighted by molar-refractivity contribution is -0.144. The van der Waals surface area contributed by atoms with Crippen molar-refractivity contribution >= 4 is 11.9 Å². The van der Waals surface area contributed by atoms with E-state index in [1.165, 1.54) is 0 Å². The Labute approximate surface area is 93.0 Å². The summed E-state index contributed by atoms with van der Waals surface area (Å²) >= 11 is 0. The van der Waals surface area contributed by atoms with Crippen LogP contribution in [-0.4, -0.2) is 30.1 Å². The van der Waals surface area contributed by atoms with E-state index in [1.807, 2.05) is 30.3 Å². The van der Waals surface area contributed by atoms with Crippen molar-refractivity contribution in [2.75, 3.05) is 13.1 Å². The quantitative estimate of drug-likeness (QED) is 0.683. The van der Waals surface area contributed by atoms with Crippen molar-refractivity contribution in [2.45, 2.75) is 6.61 Å². The van der Waals surface area contributed by atoms with Crippen molar-refractivity contribution in [3.8, 4) is 0 Å². The molecule has 0 saturated carbocycles. The third-order valence-corrected chi connectivity index (χ3v) is 1.79. The Hall–Kier alpha value is -1.88. The van der Waals surface area contributed by atoms with Crippen LogP contribution in [-0.2, 0) is 20.9 Å². The molecule has 5 nitrogen and oxygen atoms in total. The fourth-order valence-electron chi connectivity index (χ4n) is 1.06. The molecule has 0 aliphatic carbocycles. The molecule has 0 heterocycles. The number of hydrogen-bond donors (Lipinski definition) is 2. The molecule has 0 fully saturated rings. The highest BCUT2D eigenvalue weighted by Crippen LogP contribution is 2.00. The van der Waals surface area contributed by atoms with E-state index >= 15 is 0 Å². The van der Waals surface area contributed by atoms with E-state index < -0.39 is 11.9 Å². The standard InChI is InChI=1S/C11H13NO4/c13-10(14)6-12-7-11(15)16-8-9-4-2-1-3-5-9/h1-5,12H,6-8H2,(H,13,14). The molecule has 5 heteroatoms. The zero-order chi connectivity index (χ0) is 11.8. The average Bonchev–Trinajstić information content (AvgIpc) is 2.27. The third-order valence-electron chi connectivity index (χ3n) is 1.79. The molecule has 0 saturated heterocycles. The van der Waals surface area contributed by atoms with E-state index in [9.17, 15) is 9.59 Å². The summed E-state index contributed by atoms with van der Waals surface area (Å²) in [6.45, 7) is -0.145. The Morgan fingerprint density at radius 2 is 1.88 bits per heavy atom. The van der Waals surface area contributed by atoms with Gasteiger partial charge in [0.15, 0.2) is 0 Å². The first kappa shape index (κ1) is 12.2. The molecule has 0 unspecified atom stereocenters. The minimum Gasteiger partial charge on any atom is -0.480 e. The van der Waals surface area contributed by atoms with Crippen LogP contribution in [0, 0.1) is 0 Å². The molecule has 0 atom stereocenters. The van der Waals surface area contributed by atoms with Gasteiger partial charge in [0.05, 0.1) is 13.1 Å². The van der Waals surface area contributed by atoms with Gasteiger partial charge in [-0.15, -0.1) is 0 Å². The fourth-order valence-corrected chi connectivity index (χ4v) is 1.06. The first-order valence-corrected chi connectivity index (χ1v) is 4.80. The Balaban J connectivity index is 2.18. The highest BCUT2D eigenvalue weighted by molar-refractivity contribution is 5.73. The molecule has 0 spiro atoms. The molecule has 0 radical (unpaired) electrons. The second kappa shape index (κ2) is 6.58. The summed E-state index contributed by atoms with van der Waals surface area (Å²) < 4.78 is 4.92. The van der Waals surface area contributed by atoms with E-state index in [-0.39, 0.29) is 19.7 Å². The van der Waals surface area contributed by atoms with Gasteiger partial charge in [-0.3, -0.25) is 14.9 Å². The highest BCUT2D eigenvalue weighted by atomic mass is 16.5. The van der Waals surface area contributed by atoms with Gasteiger partial charge in [-0.1, -0.05) is 30.3 Å². The molecule has 16 heavy (non-hydrogen) atoms. The molecule has 0 amide bonds. The number of esters is 1. The predicted molar refractivity (Wildman–Crippen MR) is 56.7 cm³/mol. The van der Waals surface area contributed by atoms with Gasteiger partial charge in [0.25, 0.3) is 0 Å². The Morgan fingerprint density at radius 3 is 2.50 bits per heavy atom. The number of hydrogen-bond acceptors (Lipinski definition) is 4. The number of ether oxygens (including phenoxy) is 1. The van der Waals surface area contributed by atoms with Gasteiger partial charge in [-0.2, -0.15) is 0 Å². The number of carboxylic acids is 1. The Morgan fingerprint density at radius 1 is 1.19 bits per heavy atom. The van der Waals surface area contributed by atoms with Crippen LogP contribution in [0.3, 0.4) is 0 Å². The molecule has 86 valence electrons. The van der Waals surface area contributed by atoms with E-state index in [4.69, 9.17) is 9.84 Å². The number of carbonyl (C=O) groups is 2. The number of benzene rings is 1. The van der Waals surface area contributed by atoms with Crippen LogP contribution in [0.2, 0.25) is 0 Å². The fraction of sp³-hybridized carbons (Fsp3) is 0.273. The SMILES string of the molecule is O=C(O)CNCC(=O)OCc1ccccc1. The lowest BCUT2D eigenvalue weighted by atomic mass is 10.2. The number of aliphatic carboxylic acids is 1. The maximum atomic E-state index is 11.1. The summed E-state index contributed by atoms with van der Waals surface area (Å²) in [4.78, 5) is 21.3. The summed E-state index contributed by atoms with van der Waals surface area (Å²) in [5.41, 5.74) is 0.897. The smallest absolute Gasteiger partial charge is 0.320 e. The van der Waals surface area contributed by atoms with Gasteiger partial charge < -0.3 is 9.84 Å². The van der Waals surface area contributed by atoms with Crippen LogP contribution in [0.4, 0.5) is 0 Å². The molecule has 0 aliphatic rings. The number of rotatable bonds is 6. The minimum atomic E-state index is -1.00. The monoisotopic (exact) mass is 223 g/mol. The van der Waals surface area contributed by atoms with Crippen molar-refractivity contribution in [1.29, 1.82) is 0 Å². The molecule has 2 N–H and O–H groups in total. The van der Waals surface area contributed by atoms with E-state index in [0.717, 1.165) is 5.56 Å². The van der Waals surface area contributed by atoms with Gasteiger partial charge >= 0.3 is 11.9 Å². The van der Waals surface area contributed by atoms with Gasteiger partial charge in [0.2, 0.25) is 0 Å². The molecule has 0 aliphatic heterocycles. The highest BCUT2D eigenvalue weighted by Gasteiger charge is 2.03. The van der Waals surface area contributed by atoms with Crippen molar-refractivity contribution in [3.05, 3.63) is 35.9 Å². The largest absolute Gasteiger partial charge is 0.480 e. The Bertz CT molecular complexity index is 350. The van der Waals surface area contributed by atoms with Crippen LogP contribution < -0.4 is 5.32 Å². The van der Waals surface area contributed by atoms with Crippen LogP contribution in [0.1, 0.15) is 5.56 Å². The van der Waals surface area contributed by atoms with Crippen molar-refractivity contribution < 1.29 is 19.4 Å². The zero-order valence-electron chi connectivity index (χ0n) is 8.68. The van der Waals surface area contributed by atoms with Crippen molar-refractivity contribution in [2.24, 2.45) is 0 Å². The summed E-state index contributed by atoms with van der Waals surface area (Å²) in [5, 5.41) is 10.8. The van der Waals surface area contributed by atoms with Gasteiger partial charge in [0, 0.05) is 0 Å². The third kappa shape index (κ3) is 5.11. The summed E-state index contributed by atoms with van der Waals surface area (Å²) in [6.07, 6.45) is 0. The van der Waals surface area contributed by atoms with Crippen LogP contribution in [0.25, 0.3) is 0 Å². The number of carboxylic acid groups (broad SMARTS) is 1. The van der Waals surface area contributed by atoms with Crippen LogP contribution >= 0.6 is 0 Å². The number of nitrogens with one attached hydrogen (secondary N) is 1. The first-order chi connectivity index (χ1) is 7.68. The lowest BCUT2D eigenvalue weighted by Crippen LogP contribution is -2.29. The summed E-state index contributed by atoms with van der Waals surface area (Å²) in [5.74, 6) is -1.47. The maximum absolute atomic E-state index is 11.1. The Kier molecular flexibility index (Phi) is 5.01. The first-order valence-electron chi connectivity index (χ1n) is 4.80. The predicted octanol–water partition coefficient (Wildman–Crippen LogP) is 0.404. The lowest BCUT2D eigenvalue weighted by Gasteiger charge is -2.04. The van der Waals surface area contributed by atoms with Crippen LogP contribution in [0.15, 0.2) is 30.3 Å². The van der Waals surface area contributed by atoms with Crippen molar-refractivity contribution in [1.82, 2.24) is 5.32 Å². The molecule has 1 aromatic rings. The second-order valence-corrected chi connectivity index (χ2v) is 3.14. The van der Waals surface area contributed by atoms with Gasteiger partial charge in [0.1, 0.15) is 6.61 Å². The average molecular weight is 223 g/mol. The van der Waals surface area contributed by atoms with E-state index in [2.05, 4.69) is 5.32 Å². The van der Waals surface area contributed by atoms with Gasteiger partial charge in [-0.25, -0.2) is 0 Å². The van der Waals surface area contributed by atoms with E-state index in [0.29, 0.717) is 0 Å². The topological polar surface area (TPSA) is 75.6 Å². The van der Waals surface area contributed by atoms with E-state index in [1.54, 1.807) is 0 Å². The summed E-state index contributed by atoms with van der Waals surface area (Å²) in [7, 11) is 0. The van der Waals surface area contributed by atoms with Crippen LogP contribution in [0.5, 0.6) is 0 Å². The second-order valence-electron chi connectivity index (χ2n) is 3.14. The molecular formula is C11H13NO4. The molecule has 1 rings (SSSR count). The molecule has 1 aromatic carbocycles. The zero-order valence-corrected chi connectivity index (χ0v) is 8.68. The minimum absolute atomic E-state index is 0.0981. The molecule has 0 aromatic heterocycles.